The minimum atomic E-state index is -0.535. The average Bonchev–Trinajstić information content (AvgIpc) is 2.91. The summed E-state index contributed by atoms with van der Waals surface area (Å²) in [6.45, 7) is 2.73. The lowest BCUT2D eigenvalue weighted by Gasteiger charge is -2.09. The Morgan fingerprint density at radius 1 is 1.47 bits per heavy atom. The number of carbonyl (C=O) groups is 1. The van der Waals surface area contributed by atoms with Gasteiger partial charge in [-0.15, -0.1) is 36.2 Å². The lowest BCUT2D eigenvalue weighted by Crippen LogP contribution is -2.43. The zero-order valence-corrected chi connectivity index (χ0v) is 13.4. The molecule has 19 heavy (non-hydrogen) atoms. The smallest absolute Gasteiger partial charge is 0.240 e. The number of unbranched alkanes of at least 4 members (excludes halogenated alkanes) is 1. The molecule has 0 aromatic carbocycles. The van der Waals surface area contributed by atoms with Crippen LogP contribution in [-0.4, -0.2) is 23.0 Å². The van der Waals surface area contributed by atoms with Crippen LogP contribution in [0.5, 0.6) is 0 Å². The molecule has 1 aromatic heterocycles. The second-order valence-corrected chi connectivity index (χ2v) is 5.69. The number of rotatable bonds is 6. The van der Waals surface area contributed by atoms with Crippen LogP contribution in [0.4, 0.5) is 0 Å². The zero-order chi connectivity index (χ0) is 12.3. The van der Waals surface area contributed by atoms with Crippen molar-refractivity contribution in [3.05, 3.63) is 16.1 Å². The molecule has 1 aliphatic rings. The van der Waals surface area contributed by atoms with Gasteiger partial charge in [0.1, 0.15) is 0 Å². The molecule has 0 saturated heterocycles. The van der Waals surface area contributed by atoms with Crippen molar-refractivity contribution in [2.45, 2.75) is 44.6 Å². The lowest BCUT2D eigenvalue weighted by atomic mass is 10.2. The maximum Gasteiger partial charge on any atom is 0.240 e. The minimum Gasteiger partial charge on any atom is -0.355 e. The Balaban J connectivity index is 0.00000162. The molecule has 1 heterocycles. The highest BCUT2D eigenvalue weighted by atomic mass is 35.5. The minimum absolute atomic E-state index is 0. The average molecular weight is 326 g/mol. The number of aromatic nitrogens is 1. The first-order chi connectivity index (χ1) is 8.10. The van der Waals surface area contributed by atoms with E-state index < -0.39 is 5.54 Å². The van der Waals surface area contributed by atoms with Crippen molar-refractivity contribution in [1.29, 1.82) is 0 Å². The molecule has 110 valence electrons. The predicted octanol–water partition coefficient (Wildman–Crippen LogP) is 2.23. The Morgan fingerprint density at radius 2 is 2.16 bits per heavy atom. The molecule has 0 aliphatic heterocycles. The lowest BCUT2D eigenvalue weighted by molar-refractivity contribution is -0.123. The van der Waals surface area contributed by atoms with Gasteiger partial charge in [0.25, 0.3) is 0 Å². The third-order valence-corrected chi connectivity index (χ3v) is 4.04. The van der Waals surface area contributed by atoms with E-state index in [2.05, 4.69) is 15.7 Å². The first-order valence-corrected chi connectivity index (χ1v) is 6.96. The standard InChI is InChI=1S/C12H19N3OS.2ClH/c1-9-8-17-10(15-9)4-2-3-7-14-11(16)12(13)5-6-12;;/h8H,2-7,13H2,1H3,(H,14,16);2*1H. The van der Waals surface area contributed by atoms with Crippen LogP contribution in [0.2, 0.25) is 0 Å². The number of carbonyl (C=O) groups excluding carboxylic acids is 1. The normalized spacial score (nSPS) is 15.1. The van der Waals surface area contributed by atoms with Crippen LogP contribution in [0.25, 0.3) is 0 Å². The highest BCUT2D eigenvalue weighted by Crippen LogP contribution is 2.31. The Hall–Kier alpha value is -0.360. The van der Waals surface area contributed by atoms with Crippen molar-refractivity contribution in [3.8, 4) is 0 Å². The predicted molar refractivity (Wildman–Crippen MR) is 83.4 cm³/mol. The van der Waals surface area contributed by atoms with Gasteiger partial charge in [-0.05, 0) is 39.0 Å². The molecule has 3 N–H and O–H groups in total. The van der Waals surface area contributed by atoms with Gasteiger partial charge in [0.05, 0.1) is 10.5 Å². The first-order valence-electron chi connectivity index (χ1n) is 6.08. The second-order valence-electron chi connectivity index (χ2n) is 4.75. The van der Waals surface area contributed by atoms with Crippen molar-refractivity contribution in [2.24, 2.45) is 5.73 Å². The maximum absolute atomic E-state index is 11.5. The van der Waals surface area contributed by atoms with Crippen molar-refractivity contribution in [3.63, 3.8) is 0 Å². The number of nitrogens with one attached hydrogen (secondary N) is 1. The Bertz CT molecular complexity index is 407. The number of nitrogens with two attached hydrogens (primary N) is 1. The maximum atomic E-state index is 11.5. The number of aryl methyl sites for hydroxylation is 2. The molecule has 0 radical (unpaired) electrons. The molecule has 0 bridgehead atoms. The molecule has 1 amide bonds. The Morgan fingerprint density at radius 3 is 2.68 bits per heavy atom. The van der Waals surface area contributed by atoms with E-state index in [9.17, 15) is 4.79 Å². The molecular formula is C12H21Cl2N3OS. The van der Waals surface area contributed by atoms with Crippen molar-refractivity contribution in [1.82, 2.24) is 10.3 Å². The Labute approximate surface area is 130 Å². The van der Waals surface area contributed by atoms with Gasteiger partial charge in [0.15, 0.2) is 0 Å². The first kappa shape index (κ1) is 18.6. The van der Waals surface area contributed by atoms with Crippen molar-refractivity contribution in [2.75, 3.05) is 6.54 Å². The van der Waals surface area contributed by atoms with Crippen LogP contribution in [0.3, 0.4) is 0 Å². The second kappa shape index (κ2) is 8.04. The third-order valence-electron chi connectivity index (χ3n) is 3.01. The van der Waals surface area contributed by atoms with E-state index in [1.165, 1.54) is 5.01 Å². The molecular weight excluding hydrogens is 305 g/mol. The summed E-state index contributed by atoms with van der Waals surface area (Å²) in [4.78, 5) is 15.9. The number of amides is 1. The van der Waals surface area contributed by atoms with Crippen molar-refractivity contribution < 1.29 is 4.79 Å². The number of thiazole rings is 1. The fraction of sp³-hybridized carbons (Fsp3) is 0.667. The summed E-state index contributed by atoms with van der Waals surface area (Å²) in [5.74, 6) is 0.0163. The monoisotopic (exact) mass is 325 g/mol. The van der Waals surface area contributed by atoms with E-state index in [0.717, 1.165) is 44.3 Å². The van der Waals surface area contributed by atoms with Gasteiger partial charge in [-0.1, -0.05) is 0 Å². The third kappa shape index (κ3) is 5.65. The quantitative estimate of drug-likeness (QED) is 0.788. The van der Waals surface area contributed by atoms with E-state index in [0.29, 0.717) is 0 Å². The molecule has 4 nitrogen and oxygen atoms in total. The fourth-order valence-corrected chi connectivity index (χ4v) is 2.48. The van der Waals surface area contributed by atoms with Crippen LogP contribution in [-0.2, 0) is 11.2 Å². The summed E-state index contributed by atoms with van der Waals surface area (Å²) in [7, 11) is 0. The highest BCUT2D eigenvalue weighted by molar-refractivity contribution is 7.09. The Kier molecular flexibility index (Phi) is 7.89. The van der Waals surface area contributed by atoms with Crippen molar-refractivity contribution >= 4 is 42.1 Å². The molecule has 0 atom stereocenters. The van der Waals surface area contributed by atoms with E-state index in [1.807, 2.05) is 6.92 Å². The molecule has 1 fully saturated rings. The summed E-state index contributed by atoms with van der Waals surface area (Å²) >= 11 is 1.71. The van der Waals surface area contributed by atoms with Crippen LogP contribution in [0.15, 0.2) is 5.38 Å². The largest absolute Gasteiger partial charge is 0.355 e. The number of nitrogens with zero attached hydrogens (tertiary/aromatic N) is 1. The molecule has 0 unspecified atom stereocenters. The van der Waals surface area contributed by atoms with Gasteiger partial charge in [-0.2, -0.15) is 0 Å². The summed E-state index contributed by atoms with van der Waals surface area (Å²) in [6.07, 6.45) is 4.71. The number of halogens is 2. The van der Waals surface area contributed by atoms with E-state index in [4.69, 9.17) is 5.73 Å². The summed E-state index contributed by atoms with van der Waals surface area (Å²) in [5, 5.41) is 6.15. The molecule has 1 saturated carbocycles. The van der Waals surface area contributed by atoms with E-state index >= 15 is 0 Å². The molecule has 0 spiro atoms. The van der Waals surface area contributed by atoms with Gasteiger partial charge < -0.3 is 11.1 Å². The molecule has 7 heteroatoms. The topological polar surface area (TPSA) is 68.0 Å². The van der Waals surface area contributed by atoms with Crippen LogP contribution in [0.1, 0.15) is 36.4 Å². The van der Waals surface area contributed by atoms with Gasteiger partial charge in [-0.3, -0.25) is 4.79 Å². The summed E-state index contributed by atoms with van der Waals surface area (Å²) < 4.78 is 0. The van der Waals surface area contributed by atoms with Crippen LogP contribution in [0, 0.1) is 6.92 Å². The molecule has 2 rings (SSSR count). The van der Waals surface area contributed by atoms with Gasteiger partial charge in [0, 0.05) is 17.6 Å². The summed E-state index contributed by atoms with van der Waals surface area (Å²) in [6, 6.07) is 0. The van der Waals surface area contributed by atoms with E-state index in [1.54, 1.807) is 11.3 Å². The van der Waals surface area contributed by atoms with E-state index in [-0.39, 0.29) is 30.7 Å². The SMILES string of the molecule is Cc1csc(CCCCNC(=O)C2(N)CC2)n1.Cl.Cl. The fourth-order valence-electron chi connectivity index (χ4n) is 1.66. The van der Waals surface area contributed by atoms with Gasteiger partial charge in [0.2, 0.25) is 5.91 Å². The van der Waals surface area contributed by atoms with Crippen LogP contribution < -0.4 is 11.1 Å². The number of hydrogen-bond acceptors (Lipinski definition) is 4. The zero-order valence-electron chi connectivity index (χ0n) is 11.0. The van der Waals surface area contributed by atoms with Crippen LogP contribution >= 0.6 is 36.2 Å². The number of hydrogen-bond donors (Lipinski definition) is 2. The van der Waals surface area contributed by atoms with Gasteiger partial charge in [-0.25, -0.2) is 4.98 Å². The van der Waals surface area contributed by atoms with Gasteiger partial charge >= 0.3 is 0 Å². The molecule has 1 aromatic rings. The summed E-state index contributed by atoms with van der Waals surface area (Å²) in [5.41, 5.74) is 6.34. The highest BCUT2D eigenvalue weighted by Gasteiger charge is 2.45. The molecule has 1 aliphatic carbocycles.